The van der Waals surface area contributed by atoms with Crippen LogP contribution in [-0.4, -0.2) is 49.4 Å². The molecule has 27 heavy (non-hydrogen) atoms. The van der Waals surface area contributed by atoms with Crippen molar-refractivity contribution in [1.29, 1.82) is 0 Å². The zero-order chi connectivity index (χ0) is 20.2. The van der Waals surface area contributed by atoms with Crippen LogP contribution in [0.5, 0.6) is 0 Å². The molecule has 1 aromatic carbocycles. The van der Waals surface area contributed by atoms with E-state index in [0.717, 1.165) is 44.5 Å². The summed E-state index contributed by atoms with van der Waals surface area (Å²) in [5, 5.41) is 0. The number of likely N-dealkylation sites (tertiary alicyclic amines) is 1. The molecule has 2 rings (SSSR count). The van der Waals surface area contributed by atoms with E-state index in [1.54, 1.807) is 0 Å². The van der Waals surface area contributed by atoms with Crippen LogP contribution in [-0.2, 0) is 11.2 Å². The lowest BCUT2D eigenvalue weighted by Crippen LogP contribution is -2.45. The van der Waals surface area contributed by atoms with Crippen molar-refractivity contribution in [3.8, 4) is 0 Å². The van der Waals surface area contributed by atoms with Gasteiger partial charge in [-0.15, -0.1) is 0 Å². The van der Waals surface area contributed by atoms with Crippen molar-refractivity contribution < 1.29 is 4.79 Å². The Morgan fingerprint density at radius 3 is 2.15 bits per heavy atom. The average molecular weight is 373 g/mol. The van der Waals surface area contributed by atoms with Crippen molar-refractivity contribution in [2.45, 2.75) is 59.8 Å². The van der Waals surface area contributed by atoms with Crippen LogP contribution in [0.1, 0.15) is 64.5 Å². The van der Waals surface area contributed by atoms with E-state index in [4.69, 9.17) is 0 Å². The molecule has 0 radical (unpaired) electrons. The maximum atomic E-state index is 13.0. The van der Waals surface area contributed by atoms with Gasteiger partial charge in [0.15, 0.2) is 0 Å². The quantitative estimate of drug-likeness (QED) is 0.685. The largest absolute Gasteiger partial charge is 0.342 e. The summed E-state index contributed by atoms with van der Waals surface area (Å²) in [5.41, 5.74) is 2.80. The molecule has 0 aromatic heterocycles. The molecule has 1 heterocycles. The van der Waals surface area contributed by atoms with E-state index < -0.39 is 0 Å². The third-order valence-electron chi connectivity index (χ3n) is 6.13. The lowest BCUT2D eigenvalue weighted by molar-refractivity contribution is -0.134. The van der Waals surface area contributed by atoms with Crippen molar-refractivity contribution in [2.75, 3.05) is 33.7 Å². The number of benzene rings is 1. The first-order valence-electron chi connectivity index (χ1n) is 10.6. The highest BCUT2D eigenvalue weighted by atomic mass is 16.2. The summed E-state index contributed by atoms with van der Waals surface area (Å²) in [7, 11) is 4.29. The molecule has 1 aliphatic heterocycles. The van der Waals surface area contributed by atoms with Crippen LogP contribution in [0.3, 0.4) is 0 Å². The number of piperidine rings is 1. The number of amides is 1. The zero-order valence-corrected chi connectivity index (χ0v) is 18.6. The highest BCUT2D eigenvalue weighted by molar-refractivity contribution is 5.83. The van der Waals surface area contributed by atoms with E-state index in [1.165, 1.54) is 5.56 Å². The minimum Gasteiger partial charge on any atom is -0.342 e. The number of hydrogen-bond acceptors (Lipinski definition) is 2. The van der Waals surface area contributed by atoms with Crippen molar-refractivity contribution in [3.05, 3.63) is 35.4 Å². The fraction of sp³-hybridized carbons (Fsp3) is 0.708. The second kappa shape index (κ2) is 9.23. The van der Waals surface area contributed by atoms with Crippen LogP contribution in [0.15, 0.2) is 24.3 Å². The van der Waals surface area contributed by atoms with Gasteiger partial charge >= 0.3 is 0 Å². The first-order valence-corrected chi connectivity index (χ1v) is 10.6. The summed E-state index contributed by atoms with van der Waals surface area (Å²) >= 11 is 0. The van der Waals surface area contributed by atoms with Gasteiger partial charge in [0.2, 0.25) is 5.91 Å². The third-order valence-corrected chi connectivity index (χ3v) is 6.13. The molecule has 1 aromatic rings. The SMILES string of the molecule is CC(C)Cc1ccc(C(C)C(=O)N2CCC(C(C)(C)CN(C)C)CC2)cc1. The van der Waals surface area contributed by atoms with Gasteiger partial charge in [-0.05, 0) is 68.7 Å². The van der Waals surface area contributed by atoms with Gasteiger partial charge in [-0.3, -0.25) is 4.79 Å². The molecule has 3 nitrogen and oxygen atoms in total. The predicted octanol–water partition coefficient (Wildman–Crippen LogP) is 4.82. The van der Waals surface area contributed by atoms with E-state index in [0.29, 0.717) is 17.3 Å². The number of carbonyl (C=O) groups is 1. The highest BCUT2D eigenvalue weighted by Gasteiger charge is 2.34. The summed E-state index contributed by atoms with van der Waals surface area (Å²) in [6, 6.07) is 8.67. The number of rotatable bonds is 7. The molecule has 1 saturated heterocycles. The van der Waals surface area contributed by atoms with Crippen molar-refractivity contribution in [2.24, 2.45) is 17.3 Å². The maximum Gasteiger partial charge on any atom is 0.229 e. The van der Waals surface area contributed by atoms with Crippen LogP contribution in [0.4, 0.5) is 0 Å². The lowest BCUT2D eigenvalue weighted by Gasteiger charge is -2.42. The molecular formula is C24H40N2O. The Morgan fingerprint density at radius 2 is 1.67 bits per heavy atom. The zero-order valence-electron chi connectivity index (χ0n) is 18.6. The van der Waals surface area contributed by atoms with Crippen molar-refractivity contribution >= 4 is 5.91 Å². The van der Waals surface area contributed by atoms with Crippen LogP contribution >= 0.6 is 0 Å². The highest BCUT2D eigenvalue weighted by Crippen LogP contribution is 2.36. The van der Waals surface area contributed by atoms with Gasteiger partial charge in [-0.1, -0.05) is 52.0 Å². The normalized spacial score (nSPS) is 17.6. The second-order valence-electron chi connectivity index (χ2n) is 9.89. The minimum absolute atomic E-state index is 0.0514. The Bertz CT molecular complexity index is 595. The predicted molar refractivity (Wildman–Crippen MR) is 115 cm³/mol. The minimum atomic E-state index is -0.0514. The Kier molecular flexibility index (Phi) is 7.50. The van der Waals surface area contributed by atoms with Gasteiger partial charge in [0.1, 0.15) is 0 Å². The van der Waals surface area contributed by atoms with Gasteiger partial charge in [0.05, 0.1) is 5.92 Å². The number of hydrogen-bond donors (Lipinski definition) is 0. The fourth-order valence-corrected chi connectivity index (χ4v) is 4.66. The summed E-state index contributed by atoms with van der Waals surface area (Å²) in [6.45, 7) is 14.2. The number of carbonyl (C=O) groups excluding carboxylic acids is 1. The van der Waals surface area contributed by atoms with Gasteiger partial charge in [-0.25, -0.2) is 0 Å². The van der Waals surface area contributed by atoms with E-state index in [9.17, 15) is 4.79 Å². The van der Waals surface area contributed by atoms with E-state index in [1.807, 2.05) is 0 Å². The Balaban J connectivity index is 1.93. The molecular weight excluding hydrogens is 332 g/mol. The molecule has 152 valence electrons. The van der Waals surface area contributed by atoms with Crippen LogP contribution < -0.4 is 0 Å². The van der Waals surface area contributed by atoms with Crippen LogP contribution in [0, 0.1) is 17.3 Å². The molecule has 0 N–H and O–H groups in total. The summed E-state index contributed by atoms with van der Waals surface area (Å²) in [5.74, 6) is 1.59. The summed E-state index contributed by atoms with van der Waals surface area (Å²) < 4.78 is 0. The summed E-state index contributed by atoms with van der Waals surface area (Å²) in [6.07, 6.45) is 3.33. The second-order valence-corrected chi connectivity index (χ2v) is 9.89. The summed E-state index contributed by atoms with van der Waals surface area (Å²) in [4.78, 5) is 17.4. The van der Waals surface area contributed by atoms with Crippen LogP contribution in [0.2, 0.25) is 0 Å². The van der Waals surface area contributed by atoms with Gasteiger partial charge in [-0.2, -0.15) is 0 Å². The lowest BCUT2D eigenvalue weighted by atomic mass is 9.73. The van der Waals surface area contributed by atoms with Crippen molar-refractivity contribution in [3.63, 3.8) is 0 Å². The standard InChI is InChI=1S/C24H40N2O/c1-18(2)16-20-8-10-21(11-9-20)19(3)23(27)26-14-12-22(13-15-26)24(4,5)17-25(6)7/h8-11,18-19,22H,12-17H2,1-7H3. The molecule has 1 fully saturated rings. The smallest absolute Gasteiger partial charge is 0.229 e. The van der Waals surface area contributed by atoms with Gasteiger partial charge < -0.3 is 9.80 Å². The van der Waals surface area contributed by atoms with E-state index in [-0.39, 0.29) is 11.8 Å². The first kappa shape index (κ1) is 21.9. The topological polar surface area (TPSA) is 23.6 Å². The first-order chi connectivity index (χ1) is 12.6. The Hall–Kier alpha value is -1.35. The molecule has 1 amide bonds. The molecule has 0 bridgehead atoms. The van der Waals surface area contributed by atoms with Crippen LogP contribution in [0.25, 0.3) is 0 Å². The van der Waals surface area contributed by atoms with E-state index >= 15 is 0 Å². The Labute approximate surface area is 167 Å². The monoisotopic (exact) mass is 372 g/mol. The van der Waals surface area contributed by atoms with Gasteiger partial charge in [0.25, 0.3) is 0 Å². The Morgan fingerprint density at radius 1 is 1.11 bits per heavy atom. The molecule has 1 aliphatic rings. The molecule has 0 aliphatic carbocycles. The molecule has 3 heteroatoms. The molecule has 1 unspecified atom stereocenters. The van der Waals surface area contributed by atoms with Crippen molar-refractivity contribution in [1.82, 2.24) is 9.80 Å². The average Bonchev–Trinajstić information content (AvgIpc) is 2.59. The molecule has 0 saturated carbocycles. The number of nitrogens with zero attached hydrogens (tertiary/aromatic N) is 2. The maximum absolute atomic E-state index is 13.0. The molecule has 0 spiro atoms. The van der Waals surface area contributed by atoms with Gasteiger partial charge in [0, 0.05) is 19.6 Å². The molecule has 1 atom stereocenters. The fourth-order valence-electron chi connectivity index (χ4n) is 4.66. The van der Waals surface area contributed by atoms with E-state index in [2.05, 4.69) is 82.8 Å². The third kappa shape index (κ3) is 6.07.